The summed E-state index contributed by atoms with van der Waals surface area (Å²) in [5, 5.41) is 11.1. The number of benzene rings is 3. The van der Waals surface area contributed by atoms with Gasteiger partial charge in [-0.15, -0.1) is 0 Å². The molecule has 0 bridgehead atoms. The highest BCUT2D eigenvalue weighted by Gasteiger charge is 2.43. The molecular formula is C34H35N3O5S. The molecule has 1 aromatic heterocycles. The SMILES string of the molecule is CCC(C1=C(O)CC(CCc2ccccc2)(CCc2ccccc2)OC1=O)c1cccc(NS(=O)(=O)c2ncccn2)c1. The molecule has 0 radical (unpaired) electrons. The number of aryl methyl sites for hydroxylation is 2. The molecule has 1 aliphatic rings. The summed E-state index contributed by atoms with van der Waals surface area (Å²) in [5.74, 6) is -1.01. The Hall–Kier alpha value is -4.50. The van der Waals surface area contributed by atoms with E-state index < -0.39 is 27.5 Å². The largest absolute Gasteiger partial charge is 0.512 e. The molecule has 9 heteroatoms. The van der Waals surface area contributed by atoms with E-state index in [1.54, 1.807) is 18.2 Å². The number of rotatable bonds is 12. The molecule has 222 valence electrons. The zero-order chi connectivity index (χ0) is 30.3. The summed E-state index contributed by atoms with van der Waals surface area (Å²) in [7, 11) is -4.01. The van der Waals surface area contributed by atoms with Gasteiger partial charge in [0.25, 0.3) is 15.2 Å². The van der Waals surface area contributed by atoms with Crippen LogP contribution >= 0.6 is 0 Å². The van der Waals surface area contributed by atoms with Gasteiger partial charge in [0, 0.05) is 30.4 Å². The van der Waals surface area contributed by atoms with E-state index in [1.165, 1.54) is 18.5 Å². The first kappa shape index (κ1) is 30.0. The van der Waals surface area contributed by atoms with Crippen LogP contribution in [0.3, 0.4) is 0 Å². The molecule has 1 aliphatic heterocycles. The second-order valence-electron chi connectivity index (χ2n) is 10.8. The summed E-state index contributed by atoms with van der Waals surface area (Å²) < 4.78 is 34.4. The Balaban J connectivity index is 1.41. The quantitative estimate of drug-likeness (QED) is 0.141. The van der Waals surface area contributed by atoms with Crippen LogP contribution in [0.2, 0.25) is 0 Å². The van der Waals surface area contributed by atoms with Crippen LogP contribution in [0.5, 0.6) is 0 Å². The number of carbonyl (C=O) groups excluding carboxylic acids is 1. The maximum absolute atomic E-state index is 13.7. The van der Waals surface area contributed by atoms with Crippen molar-refractivity contribution in [3.63, 3.8) is 0 Å². The van der Waals surface area contributed by atoms with E-state index in [9.17, 15) is 18.3 Å². The van der Waals surface area contributed by atoms with Crippen molar-refractivity contribution in [3.8, 4) is 0 Å². The maximum atomic E-state index is 13.7. The molecule has 2 N–H and O–H groups in total. The first-order valence-electron chi connectivity index (χ1n) is 14.4. The average Bonchev–Trinajstić information content (AvgIpc) is 3.02. The number of nitrogens with zero attached hydrogens (tertiary/aromatic N) is 2. The monoisotopic (exact) mass is 597 g/mol. The lowest BCUT2D eigenvalue weighted by atomic mass is 9.79. The Kier molecular flexibility index (Phi) is 9.21. The molecule has 0 aliphatic carbocycles. The predicted molar refractivity (Wildman–Crippen MR) is 165 cm³/mol. The van der Waals surface area contributed by atoms with Crippen molar-refractivity contribution in [2.24, 2.45) is 0 Å². The van der Waals surface area contributed by atoms with Gasteiger partial charge < -0.3 is 9.84 Å². The van der Waals surface area contributed by atoms with Crippen LogP contribution in [0, 0.1) is 0 Å². The van der Waals surface area contributed by atoms with Gasteiger partial charge in [-0.1, -0.05) is 79.7 Å². The van der Waals surface area contributed by atoms with Gasteiger partial charge in [-0.2, -0.15) is 8.42 Å². The van der Waals surface area contributed by atoms with Crippen molar-refractivity contribution in [3.05, 3.63) is 131 Å². The number of hydrogen-bond acceptors (Lipinski definition) is 7. The molecule has 0 amide bonds. The highest BCUT2D eigenvalue weighted by Crippen LogP contribution is 2.42. The topological polar surface area (TPSA) is 118 Å². The maximum Gasteiger partial charge on any atom is 0.338 e. The fraction of sp³-hybridized carbons (Fsp3) is 0.265. The van der Waals surface area contributed by atoms with Gasteiger partial charge in [-0.3, -0.25) is 4.72 Å². The lowest BCUT2D eigenvalue weighted by Gasteiger charge is -2.39. The number of hydrogen-bond donors (Lipinski definition) is 2. The van der Waals surface area contributed by atoms with Gasteiger partial charge in [-0.05, 0) is 67.0 Å². The van der Waals surface area contributed by atoms with Gasteiger partial charge in [-0.25, -0.2) is 14.8 Å². The highest BCUT2D eigenvalue weighted by atomic mass is 32.2. The van der Waals surface area contributed by atoms with E-state index in [0.717, 1.165) is 11.1 Å². The fourth-order valence-electron chi connectivity index (χ4n) is 5.64. The highest BCUT2D eigenvalue weighted by molar-refractivity contribution is 7.92. The minimum absolute atomic E-state index is 0.0212. The molecule has 0 fully saturated rings. The zero-order valence-corrected chi connectivity index (χ0v) is 24.8. The Morgan fingerprint density at radius 1 is 0.884 bits per heavy atom. The van der Waals surface area contributed by atoms with Crippen LogP contribution in [0.1, 0.15) is 55.2 Å². The molecule has 1 atom stereocenters. The van der Waals surface area contributed by atoms with Crippen LogP contribution in [0.15, 0.2) is 120 Å². The number of carbonyl (C=O) groups is 1. The Bertz CT molecular complexity index is 1630. The average molecular weight is 598 g/mol. The predicted octanol–water partition coefficient (Wildman–Crippen LogP) is 6.53. The van der Waals surface area contributed by atoms with Gasteiger partial charge in [0.15, 0.2) is 0 Å². The van der Waals surface area contributed by atoms with Crippen molar-refractivity contribution >= 4 is 21.7 Å². The minimum atomic E-state index is -4.01. The molecule has 5 rings (SSSR count). The first-order valence-corrected chi connectivity index (χ1v) is 15.9. The number of nitrogens with one attached hydrogen (secondary N) is 1. The molecule has 4 aromatic rings. The standard InChI is InChI=1S/C34H35N3O5S/c1-2-29(27-15-9-16-28(23-27)37-43(40,41)33-35-21-10-22-36-33)31-30(38)24-34(42-32(31)39,19-17-25-11-5-3-6-12-25)20-18-26-13-7-4-8-14-26/h3-16,21-23,29,37-38H,2,17-20,24H2,1H3. The fourth-order valence-corrected chi connectivity index (χ4v) is 6.56. The second kappa shape index (κ2) is 13.2. The summed E-state index contributed by atoms with van der Waals surface area (Å²) in [4.78, 5) is 21.4. The van der Waals surface area contributed by atoms with E-state index in [2.05, 4.69) is 39.0 Å². The third-order valence-corrected chi connectivity index (χ3v) is 9.03. The van der Waals surface area contributed by atoms with E-state index in [4.69, 9.17) is 4.74 Å². The molecule has 2 heterocycles. The van der Waals surface area contributed by atoms with Gasteiger partial charge in [0.05, 0.1) is 5.57 Å². The van der Waals surface area contributed by atoms with Crippen molar-refractivity contribution in [1.82, 2.24) is 9.97 Å². The number of sulfonamides is 1. The summed E-state index contributed by atoms with van der Waals surface area (Å²) in [5.41, 5.74) is 2.60. The summed E-state index contributed by atoms with van der Waals surface area (Å²) in [6.07, 6.45) is 5.97. The van der Waals surface area contributed by atoms with Crippen LogP contribution in [-0.4, -0.2) is 35.1 Å². The van der Waals surface area contributed by atoms with E-state index in [1.807, 2.05) is 49.4 Å². The number of aromatic nitrogens is 2. The molecule has 8 nitrogen and oxygen atoms in total. The van der Waals surface area contributed by atoms with Crippen LogP contribution in [-0.2, 0) is 32.4 Å². The summed E-state index contributed by atoms with van der Waals surface area (Å²) >= 11 is 0. The van der Waals surface area contributed by atoms with Crippen molar-refractivity contribution in [2.45, 2.75) is 62.1 Å². The first-order chi connectivity index (χ1) is 20.8. The van der Waals surface area contributed by atoms with Crippen molar-refractivity contribution in [1.29, 1.82) is 0 Å². The van der Waals surface area contributed by atoms with Gasteiger partial charge in [0.2, 0.25) is 0 Å². The van der Waals surface area contributed by atoms with Crippen LogP contribution in [0.4, 0.5) is 5.69 Å². The van der Waals surface area contributed by atoms with Crippen molar-refractivity contribution in [2.75, 3.05) is 4.72 Å². The smallest absolute Gasteiger partial charge is 0.338 e. The molecule has 3 aromatic carbocycles. The molecule has 43 heavy (non-hydrogen) atoms. The number of ether oxygens (including phenoxy) is 1. The van der Waals surface area contributed by atoms with Gasteiger partial charge >= 0.3 is 5.97 Å². The molecule has 0 saturated heterocycles. The van der Waals surface area contributed by atoms with Crippen LogP contribution < -0.4 is 4.72 Å². The van der Waals surface area contributed by atoms with Gasteiger partial charge in [0.1, 0.15) is 11.4 Å². The van der Waals surface area contributed by atoms with E-state index in [0.29, 0.717) is 43.4 Å². The second-order valence-corrected chi connectivity index (χ2v) is 12.4. The number of aliphatic hydroxyl groups excluding tert-OH is 1. The normalized spacial score (nSPS) is 15.5. The lowest BCUT2D eigenvalue weighted by Crippen LogP contribution is -2.42. The Labute approximate surface area is 252 Å². The molecule has 0 saturated carbocycles. The number of esters is 1. The Morgan fingerprint density at radius 2 is 1.49 bits per heavy atom. The van der Waals surface area contributed by atoms with E-state index in [-0.39, 0.29) is 22.9 Å². The summed E-state index contributed by atoms with van der Waals surface area (Å²) in [6.45, 7) is 1.92. The molecule has 1 unspecified atom stereocenters. The third kappa shape index (κ3) is 7.29. The third-order valence-electron chi connectivity index (χ3n) is 7.83. The Morgan fingerprint density at radius 3 is 2.05 bits per heavy atom. The minimum Gasteiger partial charge on any atom is -0.512 e. The number of cyclic esters (lactones) is 1. The van der Waals surface area contributed by atoms with Crippen LogP contribution in [0.25, 0.3) is 0 Å². The molecular weight excluding hydrogens is 562 g/mol. The molecule has 0 spiro atoms. The number of anilines is 1. The zero-order valence-electron chi connectivity index (χ0n) is 24.0. The number of aliphatic hydroxyl groups is 1. The van der Waals surface area contributed by atoms with E-state index >= 15 is 0 Å². The lowest BCUT2D eigenvalue weighted by molar-refractivity contribution is -0.161. The van der Waals surface area contributed by atoms with Crippen molar-refractivity contribution < 1.29 is 23.1 Å². The summed E-state index contributed by atoms with van der Waals surface area (Å²) in [6, 6.07) is 28.4.